The maximum absolute atomic E-state index is 9.33. The number of unbranched alkanes of at least 4 members (excludes halogenated alkanes) is 1. The molecule has 1 aliphatic rings. The molecular weight excluding hydrogens is 600 g/mol. The molecule has 0 bridgehead atoms. The fourth-order valence-electron chi connectivity index (χ4n) is 7.04. The average molecular weight is 647 g/mol. The molecule has 0 amide bonds. The fraction of sp³-hybridized carbons (Fsp3) is 0.333. The molecule has 0 radical (unpaired) electrons. The molecule has 6 rings (SSSR count). The second-order valence-electron chi connectivity index (χ2n) is 12.9. The van der Waals surface area contributed by atoms with E-state index in [1.165, 1.54) is 10.9 Å². The van der Waals surface area contributed by atoms with Gasteiger partial charge in [0, 0.05) is 0 Å². The van der Waals surface area contributed by atoms with Gasteiger partial charge in [-0.1, -0.05) is 68.3 Å². The van der Waals surface area contributed by atoms with Crippen molar-refractivity contribution in [1.82, 2.24) is 0 Å². The number of rotatable bonds is 15. The molecule has 5 aromatic rings. The Balaban J connectivity index is 1.47. The van der Waals surface area contributed by atoms with Crippen LogP contribution in [0, 0.1) is 0 Å². The Hall–Kier alpha value is -4.52. The second-order valence-corrected chi connectivity index (χ2v) is 12.9. The molecule has 0 saturated carbocycles. The van der Waals surface area contributed by atoms with E-state index >= 15 is 0 Å². The number of aliphatic hydroxyl groups is 1. The summed E-state index contributed by atoms with van der Waals surface area (Å²) in [6.45, 7) is 7.70. The summed E-state index contributed by atoms with van der Waals surface area (Å²) in [5.41, 5.74) is 5.85. The van der Waals surface area contributed by atoms with E-state index in [4.69, 9.17) is 23.7 Å². The summed E-state index contributed by atoms with van der Waals surface area (Å²) in [7, 11) is 3.35. The minimum atomic E-state index is -0.686. The Kier molecular flexibility index (Phi) is 9.95. The second kappa shape index (κ2) is 14.3. The Morgan fingerprint density at radius 2 is 1.19 bits per heavy atom. The zero-order valence-corrected chi connectivity index (χ0v) is 28.7. The van der Waals surface area contributed by atoms with Gasteiger partial charge in [0.2, 0.25) is 0 Å². The molecule has 0 spiro atoms. The van der Waals surface area contributed by atoms with Crippen molar-refractivity contribution in [2.45, 2.75) is 51.0 Å². The van der Waals surface area contributed by atoms with Crippen molar-refractivity contribution in [2.24, 2.45) is 0 Å². The zero-order valence-electron chi connectivity index (χ0n) is 28.7. The monoisotopic (exact) mass is 646 g/mol. The maximum Gasteiger partial charge on any atom is 0.161 e. The smallest absolute Gasteiger partial charge is 0.161 e. The molecule has 1 aliphatic carbocycles. The zero-order chi connectivity index (χ0) is 33.7. The van der Waals surface area contributed by atoms with E-state index in [2.05, 4.69) is 106 Å². The van der Waals surface area contributed by atoms with Crippen LogP contribution in [0.1, 0.15) is 62.3 Å². The number of ether oxygens (including phenoxy) is 5. The van der Waals surface area contributed by atoms with Gasteiger partial charge in [0.05, 0.1) is 38.4 Å². The molecule has 6 nitrogen and oxygen atoms in total. The normalized spacial score (nSPS) is 15.2. The summed E-state index contributed by atoms with van der Waals surface area (Å²) in [6.07, 6.45) is 3.34. The van der Waals surface area contributed by atoms with E-state index in [0.29, 0.717) is 30.5 Å². The number of hydrogen-bond acceptors (Lipinski definition) is 6. The molecule has 250 valence electrons. The summed E-state index contributed by atoms with van der Waals surface area (Å²) in [5.74, 6) is 2.85. The molecule has 1 N–H and O–H groups in total. The molecule has 0 aliphatic heterocycles. The Labute approximate surface area is 284 Å². The average Bonchev–Trinajstić information content (AvgIpc) is 3.39. The van der Waals surface area contributed by atoms with Gasteiger partial charge >= 0.3 is 0 Å². The lowest BCUT2D eigenvalue weighted by molar-refractivity contribution is -0.0360. The van der Waals surface area contributed by atoms with Crippen LogP contribution in [0.2, 0.25) is 0 Å². The van der Waals surface area contributed by atoms with Crippen LogP contribution in [0.15, 0.2) is 97.1 Å². The molecule has 0 aromatic heterocycles. The SMILES string of the molecule is CCCCC(C)(C)OCCOc1ccc(C2(c3ccc(OCCO)cc3)c3cc(OC)c(OC)cc3-c3cc4ccccc4cc32)cc1. The highest BCUT2D eigenvalue weighted by Gasteiger charge is 2.47. The van der Waals surface area contributed by atoms with Crippen molar-refractivity contribution >= 4 is 10.8 Å². The topological polar surface area (TPSA) is 66.4 Å². The highest BCUT2D eigenvalue weighted by atomic mass is 16.5. The summed E-state index contributed by atoms with van der Waals surface area (Å²) in [5, 5.41) is 11.7. The molecule has 6 heteroatoms. The quantitative estimate of drug-likeness (QED) is 0.112. The number of methoxy groups -OCH3 is 2. The third kappa shape index (κ3) is 6.35. The van der Waals surface area contributed by atoms with Crippen LogP contribution >= 0.6 is 0 Å². The number of hydrogen-bond donors (Lipinski definition) is 1. The predicted octanol–water partition coefficient (Wildman–Crippen LogP) is 8.96. The molecule has 0 fully saturated rings. The third-order valence-corrected chi connectivity index (χ3v) is 9.42. The largest absolute Gasteiger partial charge is 0.493 e. The summed E-state index contributed by atoms with van der Waals surface area (Å²) in [4.78, 5) is 0. The van der Waals surface area contributed by atoms with E-state index in [9.17, 15) is 5.11 Å². The minimum Gasteiger partial charge on any atom is -0.493 e. The van der Waals surface area contributed by atoms with Crippen LogP contribution in [-0.2, 0) is 10.2 Å². The summed E-state index contributed by atoms with van der Waals surface area (Å²) in [6, 6.07) is 34.0. The van der Waals surface area contributed by atoms with Crippen molar-refractivity contribution in [3.63, 3.8) is 0 Å². The van der Waals surface area contributed by atoms with Gasteiger partial charge in [0.1, 0.15) is 24.7 Å². The van der Waals surface area contributed by atoms with Crippen LogP contribution in [0.5, 0.6) is 23.0 Å². The van der Waals surface area contributed by atoms with Gasteiger partial charge in [-0.25, -0.2) is 0 Å². The van der Waals surface area contributed by atoms with Crippen molar-refractivity contribution in [2.75, 3.05) is 40.6 Å². The fourth-order valence-corrected chi connectivity index (χ4v) is 7.04. The molecule has 1 atom stereocenters. The number of benzene rings is 5. The summed E-state index contributed by atoms with van der Waals surface area (Å²) < 4.78 is 29.8. The highest BCUT2D eigenvalue weighted by Crippen LogP contribution is 2.59. The highest BCUT2D eigenvalue weighted by molar-refractivity contribution is 5.96. The first-order valence-electron chi connectivity index (χ1n) is 16.9. The van der Waals surface area contributed by atoms with Gasteiger partial charge in [-0.3, -0.25) is 0 Å². The molecule has 0 heterocycles. The van der Waals surface area contributed by atoms with Crippen LogP contribution in [0.3, 0.4) is 0 Å². The Bertz CT molecular complexity index is 1840. The summed E-state index contributed by atoms with van der Waals surface area (Å²) >= 11 is 0. The number of aliphatic hydroxyl groups excluding tert-OH is 1. The van der Waals surface area contributed by atoms with Crippen molar-refractivity contribution in [3.05, 3.63) is 119 Å². The molecule has 48 heavy (non-hydrogen) atoms. The van der Waals surface area contributed by atoms with Gasteiger partial charge in [0.25, 0.3) is 0 Å². The van der Waals surface area contributed by atoms with E-state index in [1.807, 2.05) is 12.1 Å². The third-order valence-electron chi connectivity index (χ3n) is 9.42. The minimum absolute atomic E-state index is 0.0433. The molecule has 1 unspecified atom stereocenters. The lowest BCUT2D eigenvalue weighted by Gasteiger charge is -2.34. The maximum atomic E-state index is 9.33. The van der Waals surface area contributed by atoms with Crippen molar-refractivity contribution in [3.8, 4) is 34.1 Å². The van der Waals surface area contributed by atoms with Gasteiger partial charge in [-0.05, 0) is 113 Å². The van der Waals surface area contributed by atoms with Crippen molar-refractivity contribution in [1.29, 1.82) is 0 Å². The van der Waals surface area contributed by atoms with Crippen LogP contribution < -0.4 is 18.9 Å². The van der Waals surface area contributed by atoms with E-state index < -0.39 is 5.41 Å². The first-order chi connectivity index (χ1) is 23.3. The lowest BCUT2D eigenvalue weighted by Crippen LogP contribution is -2.28. The first-order valence-corrected chi connectivity index (χ1v) is 16.9. The van der Waals surface area contributed by atoms with E-state index in [0.717, 1.165) is 58.2 Å². The van der Waals surface area contributed by atoms with E-state index in [1.54, 1.807) is 14.2 Å². The standard InChI is InChI=1S/C42H46O6/c1-6-7-20-41(2,3)48-24-23-47-34-18-14-32(15-19-34)42(31-12-16-33(17-13-31)46-22-21-43)37-26-30-11-9-8-10-29(30)25-35(37)36-27-39(44-4)40(45-5)28-38(36)42/h8-19,25-28,43H,6-7,20-24H2,1-5H3. The Morgan fingerprint density at radius 3 is 1.77 bits per heavy atom. The molecule has 0 saturated heterocycles. The first kappa shape index (κ1) is 33.4. The predicted molar refractivity (Wildman–Crippen MR) is 192 cm³/mol. The van der Waals surface area contributed by atoms with Gasteiger partial charge in [0.15, 0.2) is 11.5 Å². The molecule has 5 aromatic carbocycles. The lowest BCUT2D eigenvalue weighted by atomic mass is 9.67. The van der Waals surface area contributed by atoms with Gasteiger partial charge in [-0.2, -0.15) is 0 Å². The van der Waals surface area contributed by atoms with E-state index in [-0.39, 0.29) is 18.8 Å². The Morgan fingerprint density at radius 1 is 0.646 bits per heavy atom. The van der Waals surface area contributed by atoms with Gasteiger partial charge < -0.3 is 28.8 Å². The van der Waals surface area contributed by atoms with Crippen molar-refractivity contribution < 1.29 is 28.8 Å². The van der Waals surface area contributed by atoms with Crippen LogP contribution in [0.25, 0.3) is 21.9 Å². The van der Waals surface area contributed by atoms with Gasteiger partial charge in [-0.15, -0.1) is 0 Å². The van der Waals surface area contributed by atoms with Crippen LogP contribution in [-0.4, -0.2) is 51.4 Å². The molecular formula is C42H46O6. The van der Waals surface area contributed by atoms with Crippen LogP contribution in [0.4, 0.5) is 0 Å². The number of fused-ring (bicyclic) bond motifs is 4.